The van der Waals surface area contributed by atoms with E-state index in [1.54, 1.807) is 36.8 Å². The van der Waals surface area contributed by atoms with Gasteiger partial charge in [0.1, 0.15) is 23.3 Å². The molecule has 5 heterocycles. The van der Waals surface area contributed by atoms with Gasteiger partial charge >= 0.3 is 0 Å². The molecule has 3 atom stereocenters. The molecule has 0 saturated heterocycles. The molecule has 0 saturated carbocycles. The Kier molecular flexibility index (Phi) is 8.27. The van der Waals surface area contributed by atoms with Gasteiger partial charge in [-0.25, -0.2) is 9.37 Å². The summed E-state index contributed by atoms with van der Waals surface area (Å²) in [4.78, 5) is 23.8. The molecule has 42 heavy (non-hydrogen) atoms. The summed E-state index contributed by atoms with van der Waals surface area (Å²) in [7, 11) is 2.08. The molecule has 6 rings (SSSR count). The number of imidazole rings is 1. The Morgan fingerprint density at radius 2 is 2.00 bits per heavy atom. The fraction of sp³-hybridized carbons (Fsp3) is 0.300. The highest BCUT2D eigenvalue weighted by Gasteiger charge is 2.21. The van der Waals surface area contributed by atoms with Crippen LogP contribution < -0.4 is 16.0 Å². The second-order valence-corrected chi connectivity index (χ2v) is 12.0. The van der Waals surface area contributed by atoms with Crippen LogP contribution in [0.1, 0.15) is 24.8 Å². The van der Waals surface area contributed by atoms with E-state index in [0.717, 1.165) is 36.0 Å². The first-order valence-corrected chi connectivity index (χ1v) is 15.1. The van der Waals surface area contributed by atoms with Gasteiger partial charge in [-0.1, -0.05) is 53.8 Å². The van der Waals surface area contributed by atoms with Crippen molar-refractivity contribution in [3.8, 4) is 22.6 Å². The lowest BCUT2D eigenvalue weighted by Crippen LogP contribution is -2.32. The SMILES string of the molecule is CCN(C)CCC(I)C(O)Nc1cncc(C2C=c3c(-c4nc5c(-c6ccccc6F)cncc5[nH]4)n[nH]c3=NC2)c1. The summed E-state index contributed by atoms with van der Waals surface area (Å²) in [6.07, 6.45) is 9.13. The van der Waals surface area contributed by atoms with Crippen molar-refractivity contribution < 1.29 is 9.50 Å². The molecule has 10 nitrogen and oxygen atoms in total. The van der Waals surface area contributed by atoms with Gasteiger partial charge < -0.3 is 20.3 Å². The van der Waals surface area contributed by atoms with E-state index in [0.29, 0.717) is 45.7 Å². The number of pyridine rings is 2. The van der Waals surface area contributed by atoms with E-state index in [4.69, 9.17) is 9.98 Å². The molecule has 1 aliphatic heterocycles. The summed E-state index contributed by atoms with van der Waals surface area (Å²) in [6, 6.07) is 8.60. The van der Waals surface area contributed by atoms with E-state index in [9.17, 15) is 9.50 Å². The number of rotatable bonds is 10. The van der Waals surface area contributed by atoms with Gasteiger partial charge in [0.05, 0.1) is 34.1 Å². The van der Waals surface area contributed by atoms with E-state index >= 15 is 0 Å². The van der Waals surface area contributed by atoms with Crippen LogP contribution in [-0.4, -0.2) is 77.0 Å². The number of halogens is 2. The number of nitrogens with one attached hydrogen (secondary N) is 3. The highest BCUT2D eigenvalue weighted by atomic mass is 127. The summed E-state index contributed by atoms with van der Waals surface area (Å²) < 4.78 is 14.6. The maximum absolute atomic E-state index is 14.6. The number of aliphatic hydroxyl groups excluding tert-OH is 1. The Labute approximate surface area is 255 Å². The van der Waals surface area contributed by atoms with Crippen LogP contribution >= 0.6 is 22.6 Å². The maximum atomic E-state index is 14.6. The first-order valence-electron chi connectivity index (χ1n) is 13.8. The lowest BCUT2D eigenvalue weighted by Gasteiger charge is -2.22. The van der Waals surface area contributed by atoms with Gasteiger partial charge in [0.2, 0.25) is 0 Å². The molecule has 0 bridgehead atoms. The summed E-state index contributed by atoms with van der Waals surface area (Å²) >= 11 is 2.29. The third kappa shape index (κ3) is 5.78. The minimum atomic E-state index is -0.697. The Bertz CT molecular complexity index is 1840. The summed E-state index contributed by atoms with van der Waals surface area (Å²) in [5.41, 5.74) is 5.36. The van der Waals surface area contributed by atoms with Crippen molar-refractivity contribution in [1.29, 1.82) is 0 Å². The van der Waals surface area contributed by atoms with Crippen LogP contribution in [-0.2, 0) is 0 Å². The van der Waals surface area contributed by atoms with Crippen LogP contribution in [0.15, 0.2) is 60.1 Å². The normalized spacial score (nSPS) is 16.1. The van der Waals surface area contributed by atoms with E-state index in [1.165, 1.54) is 6.07 Å². The number of nitrogens with zero attached hydrogens (tertiary/aromatic N) is 6. The highest BCUT2D eigenvalue weighted by Crippen LogP contribution is 2.30. The standard InChI is InChI=1S/C30H31FIN9O/c1-3-41(2)9-8-24(32)30(42)36-19-10-17(12-33-14-19)18-11-21-27(39-40-28(21)35-13-18)29-37-25-16-34-15-22(26(25)38-29)20-6-4-5-7-23(20)31/h4-7,10-12,14-16,18,24,30,36,42H,3,8-9,13H2,1-2H3,(H,35,40)(H,37,38). The minimum Gasteiger partial charge on any atom is -0.373 e. The van der Waals surface area contributed by atoms with Crippen molar-refractivity contribution >= 4 is 45.4 Å². The van der Waals surface area contributed by atoms with Gasteiger partial charge in [0, 0.05) is 34.7 Å². The van der Waals surface area contributed by atoms with Gasteiger partial charge in [-0.2, -0.15) is 5.10 Å². The molecule has 12 heteroatoms. The average molecular weight is 680 g/mol. The lowest BCUT2D eigenvalue weighted by atomic mass is 9.97. The first kappa shape index (κ1) is 28.4. The Morgan fingerprint density at radius 1 is 1.17 bits per heavy atom. The number of hydrogen-bond acceptors (Lipinski definition) is 8. The molecule has 0 spiro atoms. The van der Waals surface area contributed by atoms with Crippen molar-refractivity contribution in [3.05, 3.63) is 77.2 Å². The summed E-state index contributed by atoms with van der Waals surface area (Å²) in [5.74, 6) is 0.159. The molecular formula is C30H31FIN9O. The monoisotopic (exact) mass is 679 g/mol. The molecule has 1 aliphatic rings. The van der Waals surface area contributed by atoms with E-state index in [2.05, 4.69) is 78.0 Å². The van der Waals surface area contributed by atoms with Crippen LogP contribution in [0, 0.1) is 5.82 Å². The molecule has 3 unspecified atom stereocenters. The fourth-order valence-corrected chi connectivity index (χ4v) is 5.49. The zero-order valence-corrected chi connectivity index (χ0v) is 25.4. The number of fused-ring (bicyclic) bond motifs is 2. The zero-order valence-electron chi connectivity index (χ0n) is 23.2. The third-order valence-electron chi connectivity index (χ3n) is 7.55. The third-order valence-corrected chi connectivity index (χ3v) is 8.86. The van der Waals surface area contributed by atoms with Crippen molar-refractivity contribution in [2.24, 2.45) is 4.99 Å². The van der Waals surface area contributed by atoms with Crippen LogP contribution in [0.5, 0.6) is 0 Å². The number of benzene rings is 1. The number of alkyl halides is 1. The van der Waals surface area contributed by atoms with E-state index in [1.807, 2.05) is 12.3 Å². The van der Waals surface area contributed by atoms with Crippen molar-refractivity contribution in [2.75, 3.05) is 32.0 Å². The molecule has 216 valence electrons. The molecule has 0 radical (unpaired) electrons. The van der Waals surface area contributed by atoms with Crippen molar-refractivity contribution in [1.82, 2.24) is 35.0 Å². The van der Waals surface area contributed by atoms with Crippen molar-refractivity contribution in [2.45, 2.75) is 29.4 Å². The zero-order chi connectivity index (χ0) is 29.2. The smallest absolute Gasteiger partial charge is 0.159 e. The summed E-state index contributed by atoms with van der Waals surface area (Å²) in [5, 5.41) is 22.3. The van der Waals surface area contributed by atoms with Crippen LogP contribution in [0.25, 0.3) is 39.8 Å². The number of aromatic nitrogens is 6. The number of aliphatic hydroxyl groups is 1. The largest absolute Gasteiger partial charge is 0.373 e. The van der Waals surface area contributed by atoms with Crippen LogP contribution in [0.4, 0.5) is 10.1 Å². The predicted molar refractivity (Wildman–Crippen MR) is 169 cm³/mol. The van der Waals surface area contributed by atoms with Crippen LogP contribution in [0.3, 0.4) is 0 Å². The van der Waals surface area contributed by atoms with Crippen LogP contribution in [0.2, 0.25) is 0 Å². The second kappa shape index (κ2) is 12.2. The lowest BCUT2D eigenvalue weighted by molar-refractivity contribution is 0.195. The predicted octanol–water partition coefficient (Wildman–Crippen LogP) is 3.62. The van der Waals surface area contributed by atoms with Gasteiger partial charge in [-0.05, 0) is 44.3 Å². The van der Waals surface area contributed by atoms with Gasteiger partial charge in [0.15, 0.2) is 11.3 Å². The number of hydrogen-bond donors (Lipinski definition) is 4. The molecule has 4 aromatic heterocycles. The second-order valence-electron chi connectivity index (χ2n) is 10.4. The summed E-state index contributed by atoms with van der Waals surface area (Å²) in [6.45, 7) is 4.55. The molecule has 0 aliphatic carbocycles. The molecular weight excluding hydrogens is 648 g/mol. The van der Waals surface area contributed by atoms with E-state index < -0.39 is 6.23 Å². The number of anilines is 1. The molecule has 0 fully saturated rings. The highest BCUT2D eigenvalue weighted by molar-refractivity contribution is 14.1. The van der Waals surface area contributed by atoms with Gasteiger partial charge in [0.25, 0.3) is 0 Å². The topological polar surface area (TPSA) is 131 Å². The first-order chi connectivity index (χ1) is 20.4. The average Bonchev–Trinajstić information content (AvgIpc) is 3.64. The number of H-pyrrole nitrogens is 2. The molecule has 1 aromatic carbocycles. The van der Waals surface area contributed by atoms with Crippen molar-refractivity contribution in [3.63, 3.8) is 0 Å². The Hall–Kier alpha value is -3.75. The Balaban J connectivity index is 1.27. The van der Waals surface area contributed by atoms with E-state index in [-0.39, 0.29) is 15.7 Å². The van der Waals surface area contributed by atoms with Gasteiger partial charge in [-0.3, -0.25) is 20.1 Å². The maximum Gasteiger partial charge on any atom is 0.159 e. The minimum absolute atomic E-state index is 0.0467. The fourth-order valence-electron chi connectivity index (χ4n) is 5.03. The molecule has 5 aromatic rings. The van der Waals surface area contributed by atoms with Gasteiger partial charge in [-0.15, -0.1) is 0 Å². The quantitative estimate of drug-likeness (QED) is 0.101. The molecule has 4 N–H and O–H groups in total. The molecule has 0 amide bonds. The number of aromatic amines is 2. The Morgan fingerprint density at radius 3 is 2.83 bits per heavy atom.